The van der Waals surface area contributed by atoms with Crippen LogP contribution < -0.4 is 11.1 Å². The summed E-state index contributed by atoms with van der Waals surface area (Å²) in [7, 11) is 0. The number of nitrogens with two attached hydrogens (primary N) is 1. The van der Waals surface area contributed by atoms with E-state index in [4.69, 9.17) is 5.73 Å². The van der Waals surface area contributed by atoms with Crippen LogP contribution in [0.15, 0.2) is 42.5 Å². The van der Waals surface area contributed by atoms with Gasteiger partial charge in [0.05, 0.1) is 17.3 Å². The normalized spacial score (nSPS) is 12.0. The van der Waals surface area contributed by atoms with Crippen molar-refractivity contribution in [1.82, 2.24) is 4.98 Å². The van der Waals surface area contributed by atoms with Crippen LogP contribution in [0.4, 0.5) is 5.69 Å². The predicted molar refractivity (Wildman–Crippen MR) is 85.0 cm³/mol. The highest BCUT2D eigenvalue weighted by Gasteiger charge is 2.18. The molecule has 0 saturated carbocycles. The summed E-state index contributed by atoms with van der Waals surface area (Å²) >= 11 is 0. The largest absolute Gasteiger partial charge is 0.330 e. The van der Waals surface area contributed by atoms with Crippen LogP contribution in [-0.4, -0.2) is 17.4 Å². The van der Waals surface area contributed by atoms with Crippen molar-refractivity contribution < 1.29 is 4.79 Å². The number of pyridine rings is 1. The first-order chi connectivity index (χ1) is 10.1. The fourth-order valence-corrected chi connectivity index (χ4v) is 2.24. The van der Waals surface area contributed by atoms with Crippen LogP contribution >= 0.6 is 0 Å². The Bertz CT molecular complexity index is 611. The Kier molecular flexibility index (Phi) is 5.06. The van der Waals surface area contributed by atoms with Gasteiger partial charge in [0.2, 0.25) is 5.91 Å². The molecule has 1 unspecified atom stereocenters. The summed E-state index contributed by atoms with van der Waals surface area (Å²) in [5, 5.41) is 2.93. The number of rotatable bonds is 5. The number of aryl methyl sites for hydroxylation is 2. The van der Waals surface area contributed by atoms with Crippen LogP contribution in [0.25, 0.3) is 0 Å². The molecule has 1 aromatic carbocycles. The van der Waals surface area contributed by atoms with E-state index in [1.807, 2.05) is 56.3 Å². The molecule has 0 spiro atoms. The molecule has 0 fully saturated rings. The van der Waals surface area contributed by atoms with Gasteiger partial charge in [0.15, 0.2) is 0 Å². The van der Waals surface area contributed by atoms with Crippen LogP contribution in [0.3, 0.4) is 0 Å². The highest BCUT2D eigenvalue weighted by atomic mass is 16.1. The average Bonchev–Trinajstić information content (AvgIpc) is 2.48. The SMILES string of the molecule is Cc1ccc(NC(=O)C(CN)Cc2ccccc2)c(C)n1. The van der Waals surface area contributed by atoms with Crippen molar-refractivity contribution >= 4 is 11.6 Å². The molecule has 1 atom stereocenters. The average molecular weight is 283 g/mol. The van der Waals surface area contributed by atoms with Gasteiger partial charge >= 0.3 is 0 Å². The molecule has 0 radical (unpaired) electrons. The molecule has 21 heavy (non-hydrogen) atoms. The second-order valence-electron chi connectivity index (χ2n) is 5.20. The molecular weight excluding hydrogens is 262 g/mol. The number of hydrogen-bond acceptors (Lipinski definition) is 3. The zero-order valence-corrected chi connectivity index (χ0v) is 12.5. The van der Waals surface area contributed by atoms with E-state index in [-0.39, 0.29) is 11.8 Å². The van der Waals surface area contributed by atoms with Gasteiger partial charge in [-0.3, -0.25) is 9.78 Å². The van der Waals surface area contributed by atoms with Crippen molar-refractivity contribution in [2.24, 2.45) is 11.7 Å². The summed E-state index contributed by atoms with van der Waals surface area (Å²) in [4.78, 5) is 16.7. The van der Waals surface area contributed by atoms with Gasteiger partial charge < -0.3 is 11.1 Å². The summed E-state index contributed by atoms with van der Waals surface area (Å²) in [6.07, 6.45) is 0.640. The Labute approximate surface area is 125 Å². The van der Waals surface area contributed by atoms with Crippen molar-refractivity contribution in [3.8, 4) is 0 Å². The summed E-state index contributed by atoms with van der Waals surface area (Å²) in [5.74, 6) is -0.303. The summed E-state index contributed by atoms with van der Waals surface area (Å²) < 4.78 is 0. The van der Waals surface area contributed by atoms with Crippen molar-refractivity contribution in [3.63, 3.8) is 0 Å². The van der Waals surface area contributed by atoms with E-state index in [0.29, 0.717) is 13.0 Å². The number of amides is 1. The monoisotopic (exact) mass is 283 g/mol. The fourth-order valence-electron chi connectivity index (χ4n) is 2.24. The number of benzene rings is 1. The Morgan fingerprint density at radius 3 is 2.52 bits per heavy atom. The highest BCUT2D eigenvalue weighted by molar-refractivity contribution is 5.93. The van der Waals surface area contributed by atoms with Crippen LogP contribution in [0.1, 0.15) is 17.0 Å². The van der Waals surface area contributed by atoms with Crippen molar-refractivity contribution in [2.75, 3.05) is 11.9 Å². The third-order valence-corrected chi connectivity index (χ3v) is 3.46. The van der Waals surface area contributed by atoms with E-state index < -0.39 is 0 Å². The topological polar surface area (TPSA) is 68.0 Å². The zero-order chi connectivity index (χ0) is 15.2. The lowest BCUT2D eigenvalue weighted by Crippen LogP contribution is -2.31. The van der Waals surface area contributed by atoms with Gasteiger partial charge in [0, 0.05) is 12.2 Å². The third kappa shape index (κ3) is 4.13. The fraction of sp³-hybridized carbons (Fsp3) is 0.294. The first-order valence-corrected chi connectivity index (χ1v) is 7.09. The van der Waals surface area contributed by atoms with Gasteiger partial charge in [0.25, 0.3) is 0 Å². The lowest BCUT2D eigenvalue weighted by Gasteiger charge is -2.16. The van der Waals surface area contributed by atoms with E-state index in [0.717, 1.165) is 22.6 Å². The number of nitrogens with zero attached hydrogens (tertiary/aromatic N) is 1. The molecule has 0 saturated heterocycles. The van der Waals surface area contributed by atoms with Crippen molar-refractivity contribution in [2.45, 2.75) is 20.3 Å². The Balaban J connectivity index is 2.06. The molecule has 110 valence electrons. The number of anilines is 1. The minimum atomic E-state index is -0.242. The molecule has 2 aromatic rings. The van der Waals surface area contributed by atoms with E-state index in [9.17, 15) is 4.79 Å². The van der Waals surface area contributed by atoms with Crippen molar-refractivity contribution in [3.05, 3.63) is 59.4 Å². The van der Waals surface area contributed by atoms with Gasteiger partial charge in [-0.1, -0.05) is 30.3 Å². The van der Waals surface area contributed by atoms with Gasteiger partial charge in [0.1, 0.15) is 0 Å². The quantitative estimate of drug-likeness (QED) is 0.885. The Morgan fingerprint density at radius 2 is 1.90 bits per heavy atom. The summed E-state index contributed by atoms with van der Waals surface area (Å²) in [5.41, 5.74) is 9.37. The number of aromatic nitrogens is 1. The number of hydrogen-bond donors (Lipinski definition) is 2. The van der Waals surface area contributed by atoms with Crippen molar-refractivity contribution in [1.29, 1.82) is 0 Å². The maximum Gasteiger partial charge on any atom is 0.229 e. The first kappa shape index (κ1) is 15.2. The van der Waals surface area contributed by atoms with Crippen LogP contribution in [-0.2, 0) is 11.2 Å². The second kappa shape index (κ2) is 6.99. The molecule has 0 aliphatic carbocycles. The molecule has 0 aliphatic heterocycles. The standard InChI is InChI=1S/C17H21N3O/c1-12-8-9-16(13(2)19-12)20-17(21)15(11-18)10-14-6-4-3-5-7-14/h3-9,15H,10-11,18H2,1-2H3,(H,20,21). The Morgan fingerprint density at radius 1 is 1.19 bits per heavy atom. The lowest BCUT2D eigenvalue weighted by molar-refractivity contribution is -0.119. The molecule has 1 aromatic heterocycles. The molecule has 1 heterocycles. The van der Waals surface area contributed by atoms with E-state index in [1.54, 1.807) is 0 Å². The number of carbonyl (C=O) groups is 1. The lowest BCUT2D eigenvalue weighted by atomic mass is 9.98. The van der Waals surface area contributed by atoms with Gasteiger partial charge in [-0.2, -0.15) is 0 Å². The molecule has 0 aliphatic rings. The van der Waals surface area contributed by atoms with Gasteiger partial charge in [-0.05, 0) is 38.0 Å². The molecule has 1 amide bonds. The minimum Gasteiger partial charge on any atom is -0.330 e. The Hall–Kier alpha value is -2.20. The summed E-state index contributed by atoms with van der Waals surface area (Å²) in [6, 6.07) is 13.7. The maximum absolute atomic E-state index is 12.4. The van der Waals surface area contributed by atoms with Crippen LogP contribution in [0.5, 0.6) is 0 Å². The number of carbonyl (C=O) groups excluding carboxylic acids is 1. The third-order valence-electron chi connectivity index (χ3n) is 3.46. The van der Waals surface area contributed by atoms with Crippen LogP contribution in [0, 0.1) is 19.8 Å². The molecular formula is C17H21N3O. The second-order valence-corrected chi connectivity index (χ2v) is 5.20. The maximum atomic E-state index is 12.4. The summed E-state index contributed by atoms with van der Waals surface area (Å²) in [6.45, 7) is 4.13. The highest BCUT2D eigenvalue weighted by Crippen LogP contribution is 2.15. The molecule has 3 N–H and O–H groups in total. The molecule has 2 rings (SSSR count). The minimum absolute atomic E-state index is 0.0601. The van der Waals surface area contributed by atoms with E-state index >= 15 is 0 Å². The predicted octanol–water partition coefficient (Wildman–Crippen LogP) is 2.45. The zero-order valence-electron chi connectivity index (χ0n) is 12.5. The molecule has 4 nitrogen and oxygen atoms in total. The number of nitrogens with one attached hydrogen (secondary N) is 1. The first-order valence-electron chi connectivity index (χ1n) is 7.09. The van der Waals surface area contributed by atoms with Gasteiger partial charge in [-0.25, -0.2) is 0 Å². The van der Waals surface area contributed by atoms with E-state index in [1.165, 1.54) is 0 Å². The van der Waals surface area contributed by atoms with Gasteiger partial charge in [-0.15, -0.1) is 0 Å². The molecule has 0 bridgehead atoms. The van der Waals surface area contributed by atoms with E-state index in [2.05, 4.69) is 10.3 Å². The smallest absolute Gasteiger partial charge is 0.229 e. The molecule has 4 heteroatoms. The van der Waals surface area contributed by atoms with Crippen LogP contribution in [0.2, 0.25) is 0 Å².